The van der Waals surface area contributed by atoms with E-state index in [1.807, 2.05) is 0 Å². The molecule has 1 fully saturated rings. The summed E-state index contributed by atoms with van der Waals surface area (Å²) in [6, 6.07) is 0. The summed E-state index contributed by atoms with van der Waals surface area (Å²) in [6.07, 6.45) is 3.33. The molecule has 0 amide bonds. The minimum Gasteiger partial charge on any atom is -0.247 e. The highest BCUT2D eigenvalue weighted by molar-refractivity contribution is 4.67. The van der Waals surface area contributed by atoms with E-state index in [1.165, 1.54) is 0 Å². The third-order valence-corrected chi connectivity index (χ3v) is 1.95. The highest BCUT2D eigenvalue weighted by atomic mass is 19.1. The van der Waals surface area contributed by atoms with Crippen LogP contribution in [-0.2, 0) is 0 Å². The molecule has 1 aliphatic rings. The number of hydrogen-bond acceptors (Lipinski definition) is 0. The van der Waals surface area contributed by atoms with Crippen LogP contribution in [0.4, 0.5) is 4.39 Å². The van der Waals surface area contributed by atoms with Gasteiger partial charge in [-0.2, -0.15) is 0 Å². The first-order valence-corrected chi connectivity index (χ1v) is 3.43. The van der Waals surface area contributed by atoms with E-state index in [2.05, 4.69) is 6.92 Å². The second-order valence-corrected chi connectivity index (χ2v) is 2.86. The van der Waals surface area contributed by atoms with E-state index in [-0.39, 0.29) is 0 Å². The van der Waals surface area contributed by atoms with Gasteiger partial charge in [-0.05, 0) is 31.6 Å². The number of rotatable bonds is 0. The molecule has 0 N–H and O–H groups in total. The van der Waals surface area contributed by atoms with Crippen LogP contribution in [0.3, 0.4) is 0 Å². The van der Waals surface area contributed by atoms with Gasteiger partial charge >= 0.3 is 0 Å². The van der Waals surface area contributed by atoms with Gasteiger partial charge in [-0.3, -0.25) is 0 Å². The summed E-state index contributed by atoms with van der Waals surface area (Å²) < 4.78 is 12.4. The van der Waals surface area contributed by atoms with Gasteiger partial charge in [0.05, 0.1) is 0 Å². The van der Waals surface area contributed by atoms with Gasteiger partial charge < -0.3 is 0 Å². The van der Waals surface area contributed by atoms with E-state index in [9.17, 15) is 4.39 Å². The lowest BCUT2D eigenvalue weighted by molar-refractivity contribution is 0.215. The summed E-state index contributed by atoms with van der Waals surface area (Å²) in [7, 11) is 0. The van der Waals surface area contributed by atoms with E-state index in [0.717, 1.165) is 31.6 Å². The van der Waals surface area contributed by atoms with Crippen molar-refractivity contribution in [3.05, 3.63) is 0 Å². The summed E-state index contributed by atoms with van der Waals surface area (Å²) in [6.45, 7) is 2.20. The maximum absolute atomic E-state index is 12.4. The van der Waals surface area contributed by atoms with E-state index >= 15 is 0 Å². The molecule has 1 rings (SSSR count). The van der Waals surface area contributed by atoms with Crippen molar-refractivity contribution < 1.29 is 4.39 Å². The molecule has 8 heavy (non-hydrogen) atoms. The molecule has 0 aliphatic heterocycles. The zero-order valence-corrected chi connectivity index (χ0v) is 5.36. The molecule has 1 saturated carbocycles. The third kappa shape index (κ3) is 1.46. The van der Waals surface area contributed by atoms with Crippen LogP contribution in [0.5, 0.6) is 0 Å². The first-order chi connectivity index (χ1) is 3.79. The van der Waals surface area contributed by atoms with Gasteiger partial charge in [-0.25, -0.2) is 4.39 Å². The molecule has 0 atom stereocenters. The second-order valence-electron chi connectivity index (χ2n) is 2.86. The lowest BCUT2D eigenvalue weighted by Gasteiger charge is -2.19. The molecule has 0 bridgehead atoms. The van der Waals surface area contributed by atoms with E-state index in [0.29, 0.717) is 0 Å². The maximum atomic E-state index is 12.4. The minimum atomic E-state index is -0.480. The highest BCUT2D eigenvalue weighted by Crippen LogP contribution is 2.24. The summed E-state index contributed by atoms with van der Waals surface area (Å²) in [4.78, 5) is 0. The Balaban J connectivity index is 2.19. The fourth-order valence-corrected chi connectivity index (χ4v) is 1.22. The standard InChI is InChI=1S/C7H13F/c1-6-2-4-7(8)5-3-6/h6-7H,2-5H2,1H3/t6-,7+. The molecule has 1 heteroatoms. The predicted molar refractivity (Wildman–Crippen MR) is 32.5 cm³/mol. The van der Waals surface area contributed by atoms with E-state index < -0.39 is 6.17 Å². The molecular weight excluding hydrogens is 103 g/mol. The maximum Gasteiger partial charge on any atom is 0.100 e. The smallest absolute Gasteiger partial charge is 0.100 e. The van der Waals surface area contributed by atoms with Gasteiger partial charge in [0.1, 0.15) is 6.17 Å². The summed E-state index contributed by atoms with van der Waals surface area (Å²) in [5, 5.41) is 0. The Morgan fingerprint density at radius 3 is 2.00 bits per heavy atom. The largest absolute Gasteiger partial charge is 0.247 e. The van der Waals surface area contributed by atoms with Gasteiger partial charge in [0.15, 0.2) is 0 Å². The molecule has 0 aromatic heterocycles. The first kappa shape index (κ1) is 6.06. The Morgan fingerprint density at radius 2 is 1.62 bits per heavy atom. The van der Waals surface area contributed by atoms with Crippen molar-refractivity contribution in [1.82, 2.24) is 0 Å². The van der Waals surface area contributed by atoms with Crippen LogP contribution >= 0.6 is 0 Å². The molecule has 0 aromatic rings. The van der Waals surface area contributed by atoms with Gasteiger partial charge in [0.2, 0.25) is 0 Å². The molecular formula is C7H13F. The molecule has 1 aliphatic carbocycles. The second kappa shape index (κ2) is 2.47. The number of halogens is 1. The van der Waals surface area contributed by atoms with Crippen molar-refractivity contribution in [3.8, 4) is 0 Å². The Kier molecular flexibility index (Phi) is 1.87. The van der Waals surface area contributed by atoms with Crippen LogP contribution in [0.25, 0.3) is 0 Å². The Hall–Kier alpha value is -0.0700. The van der Waals surface area contributed by atoms with E-state index in [1.54, 1.807) is 0 Å². The summed E-state index contributed by atoms with van der Waals surface area (Å²) >= 11 is 0. The quantitative estimate of drug-likeness (QED) is 0.456. The van der Waals surface area contributed by atoms with Crippen LogP contribution in [0.15, 0.2) is 0 Å². The number of hydrogen-bond donors (Lipinski definition) is 0. The zero-order valence-electron chi connectivity index (χ0n) is 5.36. The molecule has 0 saturated heterocycles. The normalized spacial score (nSPS) is 39.8. The Labute approximate surface area is 50.1 Å². The molecule has 0 aromatic carbocycles. The lowest BCUT2D eigenvalue weighted by atomic mass is 9.90. The van der Waals surface area contributed by atoms with Crippen LogP contribution in [0, 0.1) is 5.92 Å². The fourth-order valence-electron chi connectivity index (χ4n) is 1.22. The average molecular weight is 116 g/mol. The Morgan fingerprint density at radius 1 is 1.12 bits per heavy atom. The molecule has 0 spiro atoms. The van der Waals surface area contributed by atoms with Gasteiger partial charge in [0, 0.05) is 0 Å². The van der Waals surface area contributed by atoms with Crippen molar-refractivity contribution in [1.29, 1.82) is 0 Å². The van der Waals surface area contributed by atoms with Crippen LogP contribution < -0.4 is 0 Å². The SMILES string of the molecule is C[C@H]1CC[C@@H](F)CC1. The minimum absolute atomic E-state index is 0.480. The highest BCUT2D eigenvalue weighted by Gasteiger charge is 2.16. The molecule has 48 valence electrons. The van der Waals surface area contributed by atoms with Crippen LogP contribution in [0.2, 0.25) is 0 Å². The van der Waals surface area contributed by atoms with Crippen molar-refractivity contribution in [3.63, 3.8) is 0 Å². The van der Waals surface area contributed by atoms with Crippen molar-refractivity contribution in [2.75, 3.05) is 0 Å². The van der Waals surface area contributed by atoms with Gasteiger partial charge in [0.25, 0.3) is 0 Å². The van der Waals surface area contributed by atoms with Gasteiger partial charge in [-0.15, -0.1) is 0 Å². The first-order valence-electron chi connectivity index (χ1n) is 3.43. The molecule has 0 radical (unpaired) electrons. The van der Waals surface area contributed by atoms with Crippen LogP contribution in [-0.4, -0.2) is 6.17 Å². The zero-order chi connectivity index (χ0) is 5.98. The lowest BCUT2D eigenvalue weighted by Crippen LogP contribution is -2.11. The predicted octanol–water partition coefficient (Wildman–Crippen LogP) is 2.53. The third-order valence-electron chi connectivity index (χ3n) is 1.95. The number of alkyl halides is 1. The van der Waals surface area contributed by atoms with Crippen LogP contribution in [0.1, 0.15) is 32.6 Å². The Bertz CT molecular complexity index is 52.8. The van der Waals surface area contributed by atoms with Gasteiger partial charge in [-0.1, -0.05) is 6.92 Å². The summed E-state index contributed by atoms with van der Waals surface area (Å²) in [5.74, 6) is 0.780. The molecule has 0 heterocycles. The van der Waals surface area contributed by atoms with Crippen molar-refractivity contribution in [2.45, 2.75) is 38.8 Å². The van der Waals surface area contributed by atoms with Crippen molar-refractivity contribution in [2.24, 2.45) is 5.92 Å². The molecule has 0 unspecified atom stereocenters. The monoisotopic (exact) mass is 116 g/mol. The molecule has 0 nitrogen and oxygen atoms in total. The fraction of sp³-hybridized carbons (Fsp3) is 1.00. The average Bonchev–Trinajstić information content (AvgIpc) is 1.77. The summed E-state index contributed by atoms with van der Waals surface area (Å²) in [5.41, 5.74) is 0. The topological polar surface area (TPSA) is 0 Å². The van der Waals surface area contributed by atoms with E-state index in [4.69, 9.17) is 0 Å². The van der Waals surface area contributed by atoms with Crippen molar-refractivity contribution >= 4 is 0 Å².